The molecule has 4 rings (SSSR count). The van der Waals surface area contributed by atoms with Crippen LogP contribution in [0.2, 0.25) is 0 Å². The van der Waals surface area contributed by atoms with Gasteiger partial charge in [0.25, 0.3) is 0 Å². The van der Waals surface area contributed by atoms with Gasteiger partial charge in [-0.2, -0.15) is 0 Å². The van der Waals surface area contributed by atoms with E-state index in [1.807, 2.05) is 24.3 Å². The second kappa shape index (κ2) is 5.31. The normalized spacial score (nSPS) is 16.8. The fourth-order valence-electron chi connectivity index (χ4n) is 3.99. The molecular formula is C21H16BrNO2. The van der Waals surface area contributed by atoms with Gasteiger partial charge in [-0.25, -0.2) is 4.85 Å². The highest BCUT2D eigenvalue weighted by atomic mass is 79.9. The van der Waals surface area contributed by atoms with Crippen molar-refractivity contribution in [2.45, 2.75) is 25.7 Å². The maximum Gasteiger partial charge on any atom is 0.193 e. The van der Waals surface area contributed by atoms with Crippen molar-refractivity contribution >= 4 is 33.0 Å². The lowest BCUT2D eigenvalue weighted by Crippen LogP contribution is -2.29. The van der Waals surface area contributed by atoms with Gasteiger partial charge >= 0.3 is 0 Å². The van der Waals surface area contributed by atoms with Crippen LogP contribution in [0.15, 0.2) is 40.4 Å². The number of allylic oxidation sites excluding steroid dienone is 2. The molecule has 0 saturated carbocycles. The molecule has 3 nitrogen and oxygen atoms in total. The van der Waals surface area contributed by atoms with E-state index in [-0.39, 0.29) is 11.2 Å². The molecule has 2 aliphatic rings. The van der Waals surface area contributed by atoms with E-state index >= 15 is 0 Å². The van der Waals surface area contributed by atoms with Crippen molar-refractivity contribution in [3.63, 3.8) is 0 Å². The Morgan fingerprint density at radius 3 is 2.64 bits per heavy atom. The lowest BCUT2D eigenvalue weighted by molar-refractivity contribution is 0.105. The zero-order valence-electron chi connectivity index (χ0n) is 14.2. The van der Waals surface area contributed by atoms with Crippen molar-refractivity contribution < 1.29 is 9.53 Å². The Morgan fingerprint density at radius 2 is 1.96 bits per heavy atom. The topological polar surface area (TPSA) is 30.7 Å². The van der Waals surface area contributed by atoms with Crippen molar-refractivity contribution in [1.82, 2.24) is 0 Å². The number of halogens is 1. The number of hydrogen-bond acceptors (Lipinski definition) is 2. The van der Waals surface area contributed by atoms with Gasteiger partial charge in [0, 0.05) is 16.6 Å². The summed E-state index contributed by atoms with van der Waals surface area (Å²) in [5.41, 5.74) is 6.03. The molecule has 0 N–H and O–H groups in total. The summed E-state index contributed by atoms with van der Waals surface area (Å²) in [6.07, 6.45) is 0.713. The fraction of sp³-hybridized carbons (Fsp3) is 0.238. The Morgan fingerprint density at radius 1 is 1.20 bits per heavy atom. The van der Waals surface area contributed by atoms with Gasteiger partial charge in [-0.1, -0.05) is 32.0 Å². The predicted molar refractivity (Wildman–Crippen MR) is 101 cm³/mol. The van der Waals surface area contributed by atoms with Crippen LogP contribution in [0.3, 0.4) is 0 Å². The van der Waals surface area contributed by atoms with Crippen molar-refractivity contribution in [1.29, 1.82) is 0 Å². The lowest BCUT2D eigenvalue weighted by Gasteiger charge is -2.34. The largest absolute Gasteiger partial charge is 0.496 e. The van der Waals surface area contributed by atoms with Gasteiger partial charge in [0.2, 0.25) is 0 Å². The minimum atomic E-state index is -0.274. The molecule has 0 aliphatic heterocycles. The molecule has 2 aliphatic carbocycles. The van der Waals surface area contributed by atoms with Crippen LogP contribution in [-0.2, 0) is 11.8 Å². The van der Waals surface area contributed by atoms with Crippen LogP contribution in [0.25, 0.3) is 10.4 Å². The van der Waals surface area contributed by atoms with Crippen LogP contribution < -0.4 is 4.74 Å². The molecule has 0 amide bonds. The third-order valence-corrected chi connectivity index (χ3v) is 5.97. The molecule has 0 unspecified atom stereocenters. The lowest BCUT2D eigenvalue weighted by atomic mass is 9.68. The number of nitrogens with zero attached hydrogens (tertiary/aromatic N) is 1. The average Bonchev–Trinajstić information content (AvgIpc) is 2.99. The standard InChI is InChI=1S/C21H16BrNO2/c1-21(2)15-10-18(25-4)17(22)9-14(15)20(24)19-13-6-5-12(23-3)7-11(13)8-16(19)21/h5-7,9-10H,8H2,1-2,4H3. The van der Waals surface area contributed by atoms with E-state index in [0.717, 1.165) is 43.6 Å². The summed E-state index contributed by atoms with van der Waals surface area (Å²) in [7, 11) is 1.63. The Balaban J connectivity index is 1.96. The Bertz CT molecular complexity index is 1020. The molecule has 2 aromatic carbocycles. The van der Waals surface area contributed by atoms with E-state index in [1.54, 1.807) is 13.2 Å². The van der Waals surface area contributed by atoms with Crippen molar-refractivity contribution in [3.05, 3.63) is 74.0 Å². The molecule has 124 valence electrons. The summed E-state index contributed by atoms with van der Waals surface area (Å²) in [4.78, 5) is 16.8. The summed E-state index contributed by atoms with van der Waals surface area (Å²) < 4.78 is 6.22. The highest BCUT2D eigenvalue weighted by molar-refractivity contribution is 9.10. The van der Waals surface area contributed by atoms with Gasteiger partial charge < -0.3 is 4.74 Å². The third-order valence-electron chi connectivity index (χ3n) is 5.35. The summed E-state index contributed by atoms with van der Waals surface area (Å²) in [5.74, 6) is 0.788. The van der Waals surface area contributed by atoms with Gasteiger partial charge in [-0.05, 0) is 56.7 Å². The van der Waals surface area contributed by atoms with Crippen molar-refractivity contribution in [2.24, 2.45) is 0 Å². The first-order chi connectivity index (χ1) is 11.9. The summed E-state index contributed by atoms with van der Waals surface area (Å²) >= 11 is 3.50. The number of benzene rings is 2. The molecule has 0 heterocycles. The average molecular weight is 394 g/mol. The summed E-state index contributed by atoms with van der Waals surface area (Å²) in [6.45, 7) is 11.5. The molecule has 0 saturated heterocycles. The monoisotopic (exact) mass is 393 g/mol. The molecule has 0 spiro atoms. The second-order valence-electron chi connectivity index (χ2n) is 6.97. The van der Waals surface area contributed by atoms with Crippen molar-refractivity contribution in [3.8, 4) is 5.75 Å². The summed E-state index contributed by atoms with van der Waals surface area (Å²) in [6, 6.07) is 9.46. The SMILES string of the molecule is [C-]#[N+]c1ccc2c(c1)CC1=C2C(=O)c2cc(Br)c(OC)cc2C1(C)C. The number of fused-ring (bicyclic) bond motifs is 3. The highest BCUT2D eigenvalue weighted by Gasteiger charge is 2.43. The van der Waals surface area contributed by atoms with Crippen LogP contribution in [0.5, 0.6) is 5.75 Å². The highest BCUT2D eigenvalue weighted by Crippen LogP contribution is 2.51. The fourth-order valence-corrected chi connectivity index (χ4v) is 4.49. The van der Waals surface area contributed by atoms with E-state index < -0.39 is 0 Å². The van der Waals surface area contributed by atoms with Gasteiger partial charge in [0.1, 0.15) is 5.75 Å². The molecule has 0 bridgehead atoms. The molecule has 4 heteroatoms. The number of Topliss-reactive ketones (excluding diaryl/α,β-unsaturated/α-hetero) is 1. The van der Waals surface area contributed by atoms with E-state index in [0.29, 0.717) is 12.1 Å². The first-order valence-corrected chi connectivity index (χ1v) is 8.85. The number of hydrogen-bond donors (Lipinski definition) is 0. The van der Waals surface area contributed by atoms with Crippen LogP contribution in [0, 0.1) is 6.57 Å². The molecule has 0 fully saturated rings. The molecule has 0 atom stereocenters. The molecule has 2 aromatic rings. The van der Waals surface area contributed by atoms with Gasteiger partial charge in [-0.15, -0.1) is 0 Å². The Labute approximate surface area is 155 Å². The quantitative estimate of drug-likeness (QED) is 0.599. The Hall–Kier alpha value is -2.38. The first kappa shape index (κ1) is 16.1. The predicted octanol–water partition coefficient (Wildman–Crippen LogP) is 5.49. The van der Waals surface area contributed by atoms with E-state index in [9.17, 15) is 4.79 Å². The number of ether oxygens (including phenoxy) is 1. The number of rotatable bonds is 1. The third kappa shape index (κ3) is 2.12. The molecular weight excluding hydrogens is 378 g/mol. The maximum atomic E-state index is 13.3. The molecule has 0 aromatic heterocycles. The summed E-state index contributed by atoms with van der Waals surface area (Å²) in [5, 5.41) is 0. The molecule has 25 heavy (non-hydrogen) atoms. The van der Waals surface area contributed by atoms with Crippen molar-refractivity contribution in [2.75, 3.05) is 7.11 Å². The zero-order chi connectivity index (χ0) is 17.9. The van der Waals surface area contributed by atoms with Gasteiger partial charge in [0.15, 0.2) is 11.5 Å². The Kier molecular flexibility index (Phi) is 3.42. The van der Waals surface area contributed by atoms with Crippen LogP contribution in [0.4, 0.5) is 5.69 Å². The minimum Gasteiger partial charge on any atom is -0.496 e. The van der Waals surface area contributed by atoms with Crippen LogP contribution in [0.1, 0.15) is 40.9 Å². The first-order valence-electron chi connectivity index (χ1n) is 8.05. The van der Waals surface area contributed by atoms with E-state index in [2.05, 4.69) is 34.6 Å². The molecule has 0 radical (unpaired) electrons. The maximum absolute atomic E-state index is 13.3. The van der Waals surface area contributed by atoms with Crippen LogP contribution >= 0.6 is 15.9 Å². The smallest absolute Gasteiger partial charge is 0.193 e. The number of methoxy groups -OCH3 is 1. The minimum absolute atomic E-state index is 0.0574. The van der Waals surface area contributed by atoms with E-state index in [4.69, 9.17) is 11.3 Å². The number of carbonyl (C=O) groups is 1. The second-order valence-corrected chi connectivity index (χ2v) is 7.82. The number of carbonyl (C=O) groups excluding carboxylic acids is 1. The number of ketones is 1. The zero-order valence-corrected chi connectivity index (χ0v) is 15.8. The van der Waals surface area contributed by atoms with Crippen LogP contribution in [-0.4, -0.2) is 12.9 Å². The van der Waals surface area contributed by atoms with E-state index in [1.165, 1.54) is 0 Å². The van der Waals surface area contributed by atoms with Gasteiger partial charge in [0.05, 0.1) is 18.2 Å². The van der Waals surface area contributed by atoms with Gasteiger partial charge in [-0.3, -0.25) is 4.79 Å².